The van der Waals surface area contributed by atoms with Gasteiger partial charge in [-0.05, 0) is 38.1 Å². The molecule has 0 amide bonds. The van der Waals surface area contributed by atoms with Crippen molar-refractivity contribution < 1.29 is 8.42 Å². The van der Waals surface area contributed by atoms with Crippen LogP contribution in [0.15, 0.2) is 33.6 Å². The number of hydrogen-bond acceptors (Lipinski definition) is 4. The van der Waals surface area contributed by atoms with Crippen LogP contribution in [0.5, 0.6) is 0 Å². The van der Waals surface area contributed by atoms with E-state index in [-0.39, 0.29) is 4.90 Å². The molecule has 0 radical (unpaired) electrons. The molecule has 1 aromatic carbocycles. The van der Waals surface area contributed by atoms with E-state index in [0.29, 0.717) is 18.1 Å². The molecule has 0 atom stereocenters. The van der Waals surface area contributed by atoms with E-state index in [0.717, 1.165) is 13.1 Å². The fourth-order valence-electron chi connectivity index (χ4n) is 2.74. The van der Waals surface area contributed by atoms with Crippen LogP contribution in [0.4, 0.5) is 5.69 Å². The van der Waals surface area contributed by atoms with E-state index < -0.39 is 10.0 Å². The van der Waals surface area contributed by atoms with Crippen LogP contribution in [0.25, 0.3) is 0 Å². The van der Waals surface area contributed by atoms with Gasteiger partial charge in [0.1, 0.15) is 10.7 Å². The van der Waals surface area contributed by atoms with Crippen LogP contribution in [-0.4, -0.2) is 38.8 Å². The van der Waals surface area contributed by atoms with Gasteiger partial charge in [0, 0.05) is 0 Å². The molecule has 2 aliphatic heterocycles. The Labute approximate surface area is 119 Å². The first-order chi connectivity index (χ1) is 9.65. The van der Waals surface area contributed by atoms with Gasteiger partial charge in [-0.25, -0.2) is 0 Å². The number of likely N-dealkylation sites (tertiary alicyclic amines) is 1. The Kier molecular flexibility index (Phi) is 3.76. The summed E-state index contributed by atoms with van der Waals surface area (Å²) in [5, 5.41) is 3.15. The molecule has 2 aliphatic rings. The minimum Gasteiger partial charge on any atom is -0.341 e. The zero-order chi connectivity index (χ0) is 14.0. The van der Waals surface area contributed by atoms with Gasteiger partial charge >= 0.3 is 0 Å². The number of rotatable bonds is 2. The number of benzene rings is 1. The van der Waals surface area contributed by atoms with Gasteiger partial charge in [0.2, 0.25) is 0 Å². The molecule has 0 spiro atoms. The molecule has 2 heterocycles. The van der Waals surface area contributed by atoms with E-state index in [1.807, 2.05) is 6.07 Å². The Balaban J connectivity index is 1.80. The lowest BCUT2D eigenvalue weighted by Crippen LogP contribution is -2.36. The van der Waals surface area contributed by atoms with Crippen LogP contribution in [0.3, 0.4) is 0 Å². The van der Waals surface area contributed by atoms with Gasteiger partial charge in [-0.15, -0.1) is 4.40 Å². The fourth-order valence-corrected chi connectivity index (χ4v) is 3.88. The average Bonchev–Trinajstić information content (AvgIpc) is 2.67. The molecule has 5 nitrogen and oxygen atoms in total. The Morgan fingerprint density at radius 3 is 2.55 bits per heavy atom. The number of amidine groups is 1. The molecule has 6 heteroatoms. The maximum Gasteiger partial charge on any atom is 0.286 e. The fraction of sp³-hybridized carbons (Fsp3) is 0.500. The number of sulfonamides is 1. The highest BCUT2D eigenvalue weighted by molar-refractivity contribution is 7.90. The molecule has 3 rings (SSSR count). The Morgan fingerprint density at radius 2 is 1.80 bits per heavy atom. The number of nitrogens with one attached hydrogen (secondary N) is 1. The summed E-state index contributed by atoms with van der Waals surface area (Å²) in [6, 6.07) is 6.91. The minimum absolute atomic E-state index is 0.264. The second kappa shape index (κ2) is 5.54. The van der Waals surface area contributed by atoms with Crippen LogP contribution in [0.1, 0.15) is 25.7 Å². The second-order valence-corrected chi connectivity index (χ2v) is 6.90. The van der Waals surface area contributed by atoms with Crippen molar-refractivity contribution in [1.29, 1.82) is 0 Å². The van der Waals surface area contributed by atoms with Crippen LogP contribution < -0.4 is 5.32 Å². The summed E-state index contributed by atoms with van der Waals surface area (Å²) in [5.74, 6) is 0.533. The first-order valence-corrected chi connectivity index (χ1v) is 8.51. The molecule has 1 fully saturated rings. The normalized spacial score (nSPS) is 22.3. The van der Waals surface area contributed by atoms with Crippen molar-refractivity contribution in [2.75, 3.05) is 25.0 Å². The molecular formula is C14H19N3O2S. The Bertz CT molecular complexity index is 617. The molecule has 0 unspecified atom stereocenters. The molecule has 1 saturated heterocycles. The van der Waals surface area contributed by atoms with Crippen molar-refractivity contribution in [3.63, 3.8) is 0 Å². The van der Waals surface area contributed by atoms with Gasteiger partial charge in [0.25, 0.3) is 10.0 Å². The molecule has 1 N–H and O–H groups in total. The zero-order valence-corrected chi connectivity index (χ0v) is 12.2. The topological polar surface area (TPSA) is 61.8 Å². The molecule has 1 aromatic rings. The van der Waals surface area contributed by atoms with Gasteiger partial charge in [-0.1, -0.05) is 25.0 Å². The minimum atomic E-state index is -3.55. The van der Waals surface area contributed by atoms with Crippen molar-refractivity contribution in [2.24, 2.45) is 4.40 Å². The zero-order valence-electron chi connectivity index (χ0n) is 11.4. The lowest BCUT2D eigenvalue weighted by atomic mass is 10.2. The molecule has 108 valence electrons. The number of nitrogens with zero attached hydrogens (tertiary/aromatic N) is 2. The first kappa shape index (κ1) is 13.6. The molecule has 0 bridgehead atoms. The molecular weight excluding hydrogens is 274 g/mol. The summed E-state index contributed by atoms with van der Waals surface area (Å²) in [4.78, 5) is 2.54. The SMILES string of the molecule is O=S1(=O)N=C(CN2CCCCCC2)Nc2ccccc21. The third-order valence-electron chi connectivity index (χ3n) is 3.75. The Hall–Kier alpha value is -1.40. The summed E-state index contributed by atoms with van der Waals surface area (Å²) in [6.07, 6.45) is 4.88. The van der Waals surface area contributed by atoms with Gasteiger partial charge in [0.15, 0.2) is 0 Å². The molecule has 0 saturated carbocycles. The standard InChI is InChI=1S/C14H19N3O2S/c18-20(19)13-8-4-3-7-12(13)15-14(16-20)11-17-9-5-1-2-6-10-17/h3-4,7-8H,1-2,5-6,9-11H2,(H,15,16). The summed E-state index contributed by atoms with van der Waals surface area (Å²) in [5.41, 5.74) is 0.632. The van der Waals surface area contributed by atoms with E-state index >= 15 is 0 Å². The summed E-state index contributed by atoms with van der Waals surface area (Å²) in [7, 11) is -3.55. The maximum absolute atomic E-state index is 12.1. The summed E-state index contributed by atoms with van der Waals surface area (Å²) in [6.45, 7) is 2.61. The monoisotopic (exact) mass is 293 g/mol. The van der Waals surface area contributed by atoms with Gasteiger partial charge < -0.3 is 5.32 Å². The number of anilines is 1. The summed E-state index contributed by atoms with van der Waals surface area (Å²) >= 11 is 0. The first-order valence-electron chi connectivity index (χ1n) is 7.07. The average molecular weight is 293 g/mol. The smallest absolute Gasteiger partial charge is 0.286 e. The van der Waals surface area contributed by atoms with Crippen molar-refractivity contribution >= 4 is 21.5 Å². The van der Waals surface area contributed by atoms with Crippen molar-refractivity contribution in [3.8, 4) is 0 Å². The highest BCUT2D eigenvalue weighted by Crippen LogP contribution is 2.26. The summed E-state index contributed by atoms with van der Waals surface area (Å²) < 4.78 is 28.2. The number of para-hydroxylation sites is 1. The largest absolute Gasteiger partial charge is 0.341 e. The third kappa shape index (κ3) is 2.86. The van der Waals surface area contributed by atoms with E-state index in [1.54, 1.807) is 18.2 Å². The highest BCUT2D eigenvalue weighted by Gasteiger charge is 2.25. The van der Waals surface area contributed by atoms with E-state index in [1.165, 1.54) is 25.7 Å². The van der Waals surface area contributed by atoms with Crippen LogP contribution in [0, 0.1) is 0 Å². The van der Waals surface area contributed by atoms with Crippen LogP contribution in [0.2, 0.25) is 0 Å². The van der Waals surface area contributed by atoms with Crippen molar-refractivity contribution in [3.05, 3.63) is 24.3 Å². The lowest BCUT2D eigenvalue weighted by Gasteiger charge is -2.24. The molecule has 20 heavy (non-hydrogen) atoms. The lowest BCUT2D eigenvalue weighted by molar-refractivity contribution is 0.325. The van der Waals surface area contributed by atoms with E-state index in [2.05, 4.69) is 14.6 Å². The quantitative estimate of drug-likeness (QED) is 0.907. The van der Waals surface area contributed by atoms with Crippen molar-refractivity contribution in [1.82, 2.24) is 4.90 Å². The van der Waals surface area contributed by atoms with Crippen LogP contribution in [-0.2, 0) is 10.0 Å². The predicted octanol–water partition coefficient (Wildman–Crippen LogP) is 2.08. The Morgan fingerprint density at radius 1 is 1.10 bits per heavy atom. The molecule has 0 aliphatic carbocycles. The van der Waals surface area contributed by atoms with Gasteiger partial charge in [0.05, 0.1) is 12.2 Å². The highest BCUT2D eigenvalue weighted by atomic mass is 32.2. The van der Waals surface area contributed by atoms with Gasteiger partial charge in [-0.2, -0.15) is 8.42 Å². The van der Waals surface area contributed by atoms with Crippen LogP contribution >= 0.6 is 0 Å². The van der Waals surface area contributed by atoms with E-state index in [4.69, 9.17) is 0 Å². The van der Waals surface area contributed by atoms with Gasteiger partial charge in [-0.3, -0.25) is 4.90 Å². The second-order valence-electron chi connectivity index (χ2n) is 5.32. The maximum atomic E-state index is 12.1. The van der Waals surface area contributed by atoms with Crippen molar-refractivity contribution in [2.45, 2.75) is 30.6 Å². The molecule has 0 aromatic heterocycles. The van der Waals surface area contributed by atoms with E-state index in [9.17, 15) is 8.42 Å². The predicted molar refractivity (Wildman–Crippen MR) is 79.6 cm³/mol. The third-order valence-corrected chi connectivity index (χ3v) is 5.12. The number of fused-ring (bicyclic) bond motifs is 1. The number of hydrogen-bond donors (Lipinski definition) is 1.